The van der Waals surface area contributed by atoms with Crippen molar-refractivity contribution in [1.29, 1.82) is 0 Å². The van der Waals surface area contributed by atoms with E-state index in [9.17, 15) is 10.2 Å². The molecule has 0 aliphatic rings. The maximum absolute atomic E-state index is 9.90. The molecule has 17 heavy (non-hydrogen) atoms. The van der Waals surface area contributed by atoms with Gasteiger partial charge >= 0.3 is 0 Å². The Morgan fingerprint density at radius 2 is 1.41 bits per heavy atom. The lowest BCUT2D eigenvalue weighted by atomic mass is 9.97. The van der Waals surface area contributed by atoms with E-state index in [1.165, 1.54) is 0 Å². The smallest absolute Gasteiger partial charge is 0.119 e. The van der Waals surface area contributed by atoms with Gasteiger partial charge in [-0.1, -0.05) is 30.4 Å². The van der Waals surface area contributed by atoms with Crippen LogP contribution in [0.15, 0.2) is 58.9 Å². The quantitative estimate of drug-likeness (QED) is 0.560. The largest absolute Gasteiger partial charge is 0.508 e. The number of hydrogen-bond acceptors (Lipinski definition) is 2. The fourth-order valence-corrected chi connectivity index (χ4v) is 1.50. The second-order valence-corrected chi connectivity index (χ2v) is 3.47. The molecule has 0 saturated heterocycles. The van der Waals surface area contributed by atoms with E-state index < -0.39 is 0 Å². The van der Waals surface area contributed by atoms with Crippen LogP contribution in [-0.2, 0) is 0 Å². The second-order valence-electron chi connectivity index (χ2n) is 3.47. The van der Waals surface area contributed by atoms with Crippen LogP contribution in [0.5, 0.6) is 0 Å². The number of rotatable bonds is 5. The molecule has 0 spiro atoms. The molecule has 0 fully saturated rings. The van der Waals surface area contributed by atoms with Gasteiger partial charge in [-0.15, -0.1) is 0 Å². The van der Waals surface area contributed by atoms with Crippen LogP contribution in [0.1, 0.15) is 27.7 Å². The van der Waals surface area contributed by atoms with Crippen molar-refractivity contribution in [2.24, 2.45) is 0 Å². The van der Waals surface area contributed by atoms with Crippen LogP contribution in [0.25, 0.3) is 0 Å². The first-order chi connectivity index (χ1) is 8.15. The molecule has 0 rings (SSSR count). The molecule has 0 unspecified atom stereocenters. The van der Waals surface area contributed by atoms with E-state index in [4.69, 9.17) is 0 Å². The second kappa shape index (κ2) is 8.59. The van der Waals surface area contributed by atoms with E-state index in [0.717, 1.165) is 16.7 Å². The van der Waals surface area contributed by atoms with Crippen LogP contribution in [0.2, 0.25) is 0 Å². The lowest BCUT2D eigenvalue weighted by molar-refractivity contribution is 0.333. The number of allylic oxidation sites excluding steroid dienone is 6. The Balaban J connectivity index is 5.93. The summed E-state index contributed by atoms with van der Waals surface area (Å²) in [4.78, 5) is 0. The number of hydrogen-bond donors (Lipinski definition) is 2. The minimum absolute atomic E-state index is 0.0474. The highest BCUT2D eigenvalue weighted by Gasteiger charge is 2.09. The van der Waals surface area contributed by atoms with E-state index in [0.29, 0.717) is 0 Å². The zero-order valence-corrected chi connectivity index (χ0v) is 11.1. The molecule has 0 saturated carbocycles. The highest BCUT2D eigenvalue weighted by Crippen LogP contribution is 2.22. The molecule has 0 heterocycles. The minimum atomic E-state index is -0.0474. The van der Waals surface area contributed by atoms with Gasteiger partial charge < -0.3 is 10.2 Å². The van der Waals surface area contributed by atoms with Gasteiger partial charge in [-0.2, -0.15) is 0 Å². The standard InChI is InChI=1S/C15H22O2/c1-5-9-13(12(7-3)11-16)14(10-6-2)15(17)8-4/h5-10,16-17H,11H2,1-4H3/b9-5-,10-6-,12-7-,14-13+,15-8+. The molecule has 0 radical (unpaired) electrons. The summed E-state index contributed by atoms with van der Waals surface area (Å²) in [5.41, 5.74) is 2.35. The van der Waals surface area contributed by atoms with Crippen molar-refractivity contribution >= 4 is 0 Å². The molecule has 2 N–H and O–H groups in total. The predicted octanol–water partition coefficient (Wildman–Crippen LogP) is 3.84. The summed E-state index contributed by atoms with van der Waals surface area (Å²) in [5, 5.41) is 19.2. The van der Waals surface area contributed by atoms with Crippen molar-refractivity contribution < 1.29 is 10.2 Å². The monoisotopic (exact) mass is 234 g/mol. The summed E-state index contributed by atoms with van der Waals surface area (Å²) in [6.45, 7) is 7.40. The zero-order chi connectivity index (χ0) is 13.3. The molecule has 2 heteroatoms. The van der Waals surface area contributed by atoms with Gasteiger partial charge in [0.1, 0.15) is 5.76 Å². The van der Waals surface area contributed by atoms with Crippen LogP contribution >= 0.6 is 0 Å². The molecule has 0 aromatic heterocycles. The average Bonchev–Trinajstić information content (AvgIpc) is 2.35. The van der Waals surface area contributed by atoms with Crippen LogP contribution in [0.4, 0.5) is 0 Å². The fourth-order valence-electron chi connectivity index (χ4n) is 1.50. The minimum Gasteiger partial charge on any atom is -0.508 e. The molecule has 0 atom stereocenters. The van der Waals surface area contributed by atoms with E-state index >= 15 is 0 Å². The van der Waals surface area contributed by atoms with Crippen molar-refractivity contribution in [1.82, 2.24) is 0 Å². The normalized spacial score (nSPS) is 15.8. The van der Waals surface area contributed by atoms with Crippen LogP contribution in [-0.4, -0.2) is 16.8 Å². The summed E-state index contributed by atoms with van der Waals surface area (Å²) in [5.74, 6) is 0.212. The van der Waals surface area contributed by atoms with E-state index in [-0.39, 0.29) is 12.4 Å². The van der Waals surface area contributed by atoms with Gasteiger partial charge in [0, 0.05) is 5.57 Å². The zero-order valence-electron chi connectivity index (χ0n) is 11.1. The van der Waals surface area contributed by atoms with Crippen LogP contribution < -0.4 is 0 Å². The van der Waals surface area contributed by atoms with Gasteiger partial charge in [0.05, 0.1) is 6.61 Å². The van der Waals surface area contributed by atoms with Gasteiger partial charge in [-0.05, 0) is 44.9 Å². The van der Waals surface area contributed by atoms with Crippen molar-refractivity contribution in [3.8, 4) is 0 Å². The maximum Gasteiger partial charge on any atom is 0.119 e. The molecule has 0 aliphatic carbocycles. The molecule has 0 aromatic rings. The highest BCUT2D eigenvalue weighted by molar-refractivity contribution is 5.53. The Kier molecular flexibility index (Phi) is 7.82. The highest BCUT2D eigenvalue weighted by atomic mass is 16.3. The van der Waals surface area contributed by atoms with Crippen molar-refractivity contribution in [2.75, 3.05) is 6.61 Å². The van der Waals surface area contributed by atoms with Gasteiger partial charge in [-0.25, -0.2) is 0 Å². The molecule has 0 bridgehead atoms. The van der Waals surface area contributed by atoms with Gasteiger partial charge in [0.15, 0.2) is 0 Å². The summed E-state index contributed by atoms with van der Waals surface area (Å²) >= 11 is 0. The van der Waals surface area contributed by atoms with Gasteiger partial charge in [0.2, 0.25) is 0 Å². The third-order valence-electron chi connectivity index (χ3n) is 2.37. The SMILES string of the molecule is C\C=C/C(C(/O)=C\C)=C(/C=C\C)C(=C/C)\CO. The van der Waals surface area contributed by atoms with Crippen LogP contribution in [0.3, 0.4) is 0 Å². The van der Waals surface area contributed by atoms with Gasteiger partial charge in [-0.3, -0.25) is 0 Å². The lowest BCUT2D eigenvalue weighted by Gasteiger charge is -2.11. The summed E-state index contributed by atoms with van der Waals surface area (Å²) in [7, 11) is 0. The molecule has 0 amide bonds. The first-order valence-corrected chi connectivity index (χ1v) is 5.77. The van der Waals surface area contributed by atoms with Crippen molar-refractivity contribution in [3.63, 3.8) is 0 Å². The Morgan fingerprint density at radius 1 is 0.882 bits per heavy atom. The Hall–Kier alpha value is -1.54. The number of aliphatic hydroxyl groups is 2. The fraction of sp³-hybridized carbons (Fsp3) is 0.333. The van der Waals surface area contributed by atoms with Crippen molar-refractivity contribution in [3.05, 3.63) is 58.9 Å². The predicted molar refractivity (Wildman–Crippen MR) is 73.9 cm³/mol. The summed E-state index contributed by atoms with van der Waals surface area (Å²) in [6.07, 6.45) is 11.0. The van der Waals surface area contributed by atoms with E-state index in [2.05, 4.69) is 0 Å². The maximum atomic E-state index is 9.90. The summed E-state index contributed by atoms with van der Waals surface area (Å²) in [6, 6.07) is 0. The molecule has 2 nitrogen and oxygen atoms in total. The number of aliphatic hydroxyl groups excluding tert-OH is 2. The lowest BCUT2D eigenvalue weighted by Crippen LogP contribution is -1.99. The third kappa shape index (κ3) is 4.45. The Labute approximate surface area is 104 Å². The van der Waals surface area contributed by atoms with E-state index in [1.807, 2.05) is 51.2 Å². The first kappa shape index (κ1) is 15.5. The Bertz CT molecular complexity index is 380. The Morgan fingerprint density at radius 3 is 1.76 bits per heavy atom. The molecule has 0 aromatic carbocycles. The molecule has 94 valence electrons. The topological polar surface area (TPSA) is 40.5 Å². The molecular weight excluding hydrogens is 212 g/mol. The first-order valence-electron chi connectivity index (χ1n) is 5.77. The van der Waals surface area contributed by atoms with Crippen molar-refractivity contribution in [2.45, 2.75) is 27.7 Å². The third-order valence-corrected chi connectivity index (χ3v) is 2.37. The summed E-state index contributed by atoms with van der Waals surface area (Å²) < 4.78 is 0. The van der Waals surface area contributed by atoms with Crippen LogP contribution in [0, 0.1) is 0 Å². The average molecular weight is 234 g/mol. The molecular formula is C15H22O2. The molecule has 0 aliphatic heterocycles. The van der Waals surface area contributed by atoms with E-state index in [1.54, 1.807) is 13.0 Å². The van der Waals surface area contributed by atoms with Gasteiger partial charge in [0.25, 0.3) is 0 Å².